The summed E-state index contributed by atoms with van der Waals surface area (Å²) in [6.07, 6.45) is 2.45. The number of anilines is 1. The molecule has 1 saturated carbocycles. The van der Waals surface area contributed by atoms with Crippen LogP contribution in [-0.4, -0.2) is 29.8 Å². The molecule has 2 atom stereocenters. The lowest BCUT2D eigenvalue weighted by atomic mass is 9.80. The number of methoxy groups -OCH3 is 1. The van der Waals surface area contributed by atoms with Crippen molar-refractivity contribution in [2.24, 2.45) is 0 Å². The van der Waals surface area contributed by atoms with Gasteiger partial charge in [0.2, 0.25) is 0 Å². The molecule has 2 unspecified atom stereocenters. The minimum atomic E-state index is -1.08. The Balaban J connectivity index is 2.22. The Labute approximate surface area is 111 Å². The number of carboxylic acid groups (broad SMARTS) is 1. The maximum Gasteiger partial charge on any atom is 0.329 e. The van der Waals surface area contributed by atoms with Crippen LogP contribution in [0.2, 0.25) is 0 Å². The third-order valence-electron chi connectivity index (χ3n) is 3.66. The number of hydrogen-bond acceptors (Lipinski definition) is 3. The standard InChI is InChI=1S/C14H18FNO3/c1-19-12-6-3-7-14(9-12,13(17)18)16-11-5-2-4-10(15)8-11/h2,4-5,8,12,16H,3,6-7,9H2,1H3,(H,17,18). The van der Waals surface area contributed by atoms with Crippen LogP contribution in [0, 0.1) is 5.82 Å². The summed E-state index contributed by atoms with van der Waals surface area (Å²) in [6.45, 7) is 0. The fraction of sp³-hybridized carbons (Fsp3) is 0.500. The molecule has 1 aromatic carbocycles. The Morgan fingerprint density at radius 3 is 3.00 bits per heavy atom. The Kier molecular flexibility index (Phi) is 4.04. The minimum absolute atomic E-state index is 0.0779. The molecule has 0 spiro atoms. The van der Waals surface area contributed by atoms with Crippen molar-refractivity contribution in [2.75, 3.05) is 12.4 Å². The fourth-order valence-corrected chi connectivity index (χ4v) is 2.63. The van der Waals surface area contributed by atoms with Gasteiger partial charge in [-0.25, -0.2) is 9.18 Å². The van der Waals surface area contributed by atoms with E-state index >= 15 is 0 Å². The highest BCUT2D eigenvalue weighted by Gasteiger charge is 2.43. The van der Waals surface area contributed by atoms with Crippen LogP contribution < -0.4 is 5.32 Å². The molecule has 1 aliphatic carbocycles. The molecule has 19 heavy (non-hydrogen) atoms. The van der Waals surface area contributed by atoms with Crippen LogP contribution in [0.4, 0.5) is 10.1 Å². The largest absolute Gasteiger partial charge is 0.480 e. The van der Waals surface area contributed by atoms with Gasteiger partial charge in [-0.15, -0.1) is 0 Å². The van der Waals surface area contributed by atoms with Gasteiger partial charge in [-0.1, -0.05) is 6.07 Å². The second-order valence-electron chi connectivity index (χ2n) is 4.98. The summed E-state index contributed by atoms with van der Waals surface area (Å²) in [5, 5.41) is 12.5. The van der Waals surface area contributed by atoms with Crippen LogP contribution in [0.1, 0.15) is 25.7 Å². The van der Waals surface area contributed by atoms with Crippen molar-refractivity contribution in [1.82, 2.24) is 0 Å². The lowest BCUT2D eigenvalue weighted by molar-refractivity contribution is -0.145. The zero-order chi connectivity index (χ0) is 13.9. The van der Waals surface area contributed by atoms with Crippen molar-refractivity contribution in [3.05, 3.63) is 30.1 Å². The van der Waals surface area contributed by atoms with E-state index < -0.39 is 11.5 Å². The average molecular weight is 267 g/mol. The lowest BCUT2D eigenvalue weighted by Crippen LogP contribution is -2.51. The second-order valence-corrected chi connectivity index (χ2v) is 4.98. The molecule has 2 rings (SSSR count). The molecule has 1 aromatic rings. The first-order valence-electron chi connectivity index (χ1n) is 6.36. The summed E-state index contributed by atoms with van der Waals surface area (Å²) in [7, 11) is 1.59. The molecule has 0 radical (unpaired) electrons. The quantitative estimate of drug-likeness (QED) is 0.880. The molecule has 1 fully saturated rings. The zero-order valence-corrected chi connectivity index (χ0v) is 10.9. The van der Waals surface area contributed by atoms with Gasteiger partial charge in [0.05, 0.1) is 6.10 Å². The molecule has 0 aromatic heterocycles. The highest BCUT2D eigenvalue weighted by atomic mass is 19.1. The molecule has 0 amide bonds. The normalized spacial score (nSPS) is 26.9. The van der Waals surface area contributed by atoms with E-state index in [0.29, 0.717) is 18.5 Å². The molecule has 1 aliphatic rings. The predicted molar refractivity (Wildman–Crippen MR) is 69.7 cm³/mol. The molecule has 0 saturated heterocycles. The highest BCUT2D eigenvalue weighted by Crippen LogP contribution is 2.33. The van der Waals surface area contributed by atoms with Gasteiger partial charge in [-0.2, -0.15) is 0 Å². The average Bonchev–Trinajstić information content (AvgIpc) is 2.38. The number of rotatable bonds is 4. The van der Waals surface area contributed by atoms with Crippen molar-refractivity contribution in [2.45, 2.75) is 37.3 Å². The summed E-state index contributed by atoms with van der Waals surface area (Å²) in [5.74, 6) is -1.30. The predicted octanol–water partition coefficient (Wildman–Crippen LogP) is 2.65. The summed E-state index contributed by atoms with van der Waals surface area (Å²) >= 11 is 0. The number of hydrogen-bond donors (Lipinski definition) is 2. The van der Waals surface area contributed by atoms with Crippen molar-refractivity contribution in [1.29, 1.82) is 0 Å². The van der Waals surface area contributed by atoms with Crippen LogP contribution in [0.25, 0.3) is 0 Å². The van der Waals surface area contributed by atoms with Gasteiger partial charge >= 0.3 is 5.97 Å². The van der Waals surface area contributed by atoms with Crippen LogP contribution in [-0.2, 0) is 9.53 Å². The monoisotopic (exact) mass is 267 g/mol. The fourth-order valence-electron chi connectivity index (χ4n) is 2.63. The summed E-state index contributed by atoms with van der Waals surface area (Å²) in [6, 6.07) is 5.87. The van der Waals surface area contributed by atoms with E-state index in [1.807, 2.05) is 0 Å². The van der Waals surface area contributed by atoms with Gasteiger partial charge in [0.25, 0.3) is 0 Å². The van der Waals surface area contributed by atoms with Crippen LogP contribution in [0.3, 0.4) is 0 Å². The Morgan fingerprint density at radius 2 is 2.37 bits per heavy atom. The Morgan fingerprint density at radius 1 is 1.58 bits per heavy atom. The van der Waals surface area contributed by atoms with E-state index in [1.54, 1.807) is 19.2 Å². The number of carbonyl (C=O) groups is 1. The number of carboxylic acids is 1. The number of halogens is 1. The van der Waals surface area contributed by atoms with E-state index in [1.165, 1.54) is 12.1 Å². The SMILES string of the molecule is COC1CCCC(Nc2cccc(F)c2)(C(=O)O)C1. The molecule has 0 heterocycles. The topological polar surface area (TPSA) is 58.6 Å². The van der Waals surface area contributed by atoms with Crippen LogP contribution >= 0.6 is 0 Å². The smallest absolute Gasteiger partial charge is 0.329 e. The van der Waals surface area contributed by atoms with Gasteiger partial charge in [0, 0.05) is 19.2 Å². The summed E-state index contributed by atoms with van der Waals surface area (Å²) in [5.41, 5.74) is -0.591. The van der Waals surface area contributed by atoms with Gasteiger partial charge in [-0.05, 0) is 37.5 Å². The molecule has 0 bridgehead atoms. The number of nitrogens with one attached hydrogen (secondary N) is 1. The Bertz CT molecular complexity index is 466. The zero-order valence-electron chi connectivity index (χ0n) is 10.9. The van der Waals surface area contributed by atoms with Crippen molar-refractivity contribution < 1.29 is 19.0 Å². The Hall–Kier alpha value is -1.62. The van der Waals surface area contributed by atoms with Crippen LogP contribution in [0.15, 0.2) is 24.3 Å². The van der Waals surface area contributed by atoms with Gasteiger partial charge in [-0.3, -0.25) is 0 Å². The molecular formula is C14H18FNO3. The minimum Gasteiger partial charge on any atom is -0.480 e. The lowest BCUT2D eigenvalue weighted by Gasteiger charge is -2.38. The van der Waals surface area contributed by atoms with Gasteiger partial charge in [0.15, 0.2) is 0 Å². The van der Waals surface area contributed by atoms with E-state index in [-0.39, 0.29) is 11.9 Å². The van der Waals surface area contributed by atoms with Gasteiger partial charge in [0.1, 0.15) is 11.4 Å². The molecule has 2 N–H and O–H groups in total. The molecule has 0 aliphatic heterocycles. The molecule has 104 valence electrons. The van der Waals surface area contributed by atoms with E-state index in [4.69, 9.17) is 4.74 Å². The van der Waals surface area contributed by atoms with E-state index in [0.717, 1.165) is 12.8 Å². The number of aliphatic carboxylic acids is 1. The second kappa shape index (κ2) is 5.57. The van der Waals surface area contributed by atoms with E-state index in [9.17, 15) is 14.3 Å². The van der Waals surface area contributed by atoms with Crippen molar-refractivity contribution in [3.8, 4) is 0 Å². The highest BCUT2D eigenvalue weighted by molar-refractivity contribution is 5.83. The first-order chi connectivity index (χ1) is 9.05. The molecular weight excluding hydrogens is 249 g/mol. The molecule has 5 heteroatoms. The van der Waals surface area contributed by atoms with Crippen molar-refractivity contribution >= 4 is 11.7 Å². The third kappa shape index (κ3) is 3.04. The maximum atomic E-state index is 13.2. The number of ether oxygens (including phenoxy) is 1. The number of benzene rings is 1. The first kappa shape index (κ1) is 13.8. The molecule has 4 nitrogen and oxygen atoms in total. The maximum absolute atomic E-state index is 13.2. The van der Waals surface area contributed by atoms with Gasteiger partial charge < -0.3 is 15.2 Å². The summed E-state index contributed by atoms with van der Waals surface area (Å²) in [4.78, 5) is 11.6. The van der Waals surface area contributed by atoms with E-state index in [2.05, 4.69) is 5.32 Å². The first-order valence-corrected chi connectivity index (χ1v) is 6.36. The van der Waals surface area contributed by atoms with Crippen LogP contribution in [0.5, 0.6) is 0 Å². The van der Waals surface area contributed by atoms with Crippen molar-refractivity contribution in [3.63, 3.8) is 0 Å². The summed E-state index contributed by atoms with van der Waals surface area (Å²) < 4.78 is 18.5. The third-order valence-corrected chi connectivity index (χ3v) is 3.66.